The van der Waals surface area contributed by atoms with Crippen LogP contribution in [0.2, 0.25) is 5.02 Å². The molecular formula is C41H50ClF2N3O8S. The molecule has 3 fully saturated rings. The first-order valence-corrected chi connectivity index (χ1v) is 21.5. The lowest BCUT2D eigenvalue weighted by Crippen LogP contribution is -2.48. The van der Waals surface area contributed by atoms with Crippen LogP contribution in [0.15, 0.2) is 30.4 Å². The third-order valence-electron chi connectivity index (χ3n) is 12.3. The summed E-state index contributed by atoms with van der Waals surface area (Å²) in [6.07, 6.45) is 5.09. The van der Waals surface area contributed by atoms with E-state index in [4.69, 9.17) is 21.1 Å². The van der Waals surface area contributed by atoms with E-state index < -0.39 is 85.0 Å². The van der Waals surface area contributed by atoms with E-state index in [1.165, 1.54) is 4.90 Å². The summed E-state index contributed by atoms with van der Waals surface area (Å²) < 4.78 is 69.2. The molecule has 0 radical (unpaired) electrons. The number of halogens is 3. The lowest BCUT2D eigenvalue weighted by Gasteiger charge is -2.37. The highest BCUT2D eigenvalue weighted by Gasteiger charge is 2.63. The van der Waals surface area contributed by atoms with Crippen LogP contribution in [-0.2, 0) is 40.4 Å². The second kappa shape index (κ2) is 14.6. The number of rotatable bonds is 6. The number of hydrogen-bond acceptors (Lipinski definition) is 9. The molecule has 2 aliphatic carbocycles. The number of nitrogens with one attached hydrogen (secondary N) is 1. The van der Waals surface area contributed by atoms with Crippen molar-refractivity contribution in [1.82, 2.24) is 14.6 Å². The van der Waals surface area contributed by atoms with Crippen LogP contribution in [0.5, 0.6) is 5.75 Å². The molecule has 304 valence electrons. The fourth-order valence-corrected chi connectivity index (χ4v) is 10.2. The van der Waals surface area contributed by atoms with E-state index in [-0.39, 0.29) is 50.8 Å². The van der Waals surface area contributed by atoms with Gasteiger partial charge in [0.05, 0.1) is 34.7 Å². The standard InChI is InChI=1S/C41H50ClF2N3O8S/c1-38(2,3)54-32(49)18-24-10-8-6-5-7-9-11-25-20-41(25,37(51)46-56(52,53)39(4)16-17-39)22-31(48)30-21-40(23-47(30)36(24)50)15-14-27-28-19-26(42)12-13-29(28)45-33(35(43)44)34(27)55-40/h9,11-13,19,24-25,30,35H,5-8,10,14-18,20-23H2,1-4H3,(H,46,51)/b11-9-/t24-,25-,30+,40-,41-/m1/s1. The highest BCUT2D eigenvalue weighted by Crippen LogP contribution is 2.58. The van der Waals surface area contributed by atoms with Crippen LogP contribution in [0.3, 0.4) is 0 Å². The largest absolute Gasteiger partial charge is 0.483 e. The van der Waals surface area contributed by atoms with Crippen molar-refractivity contribution in [2.75, 3.05) is 6.54 Å². The van der Waals surface area contributed by atoms with Gasteiger partial charge in [-0.1, -0.05) is 36.6 Å². The van der Waals surface area contributed by atoms with Crippen molar-refractivity contribution in [3.63, 3.8) is 0 Å². The van der Waals surface area contributed by atoms with Gasteiger partial charge < -0.3 is 14.4 Å². The minimum absolute atomic E-state index is 0.0546. The Morgan fingerprint density at radius 3 is 2.57 bits per heavy atom. The number of sulfonamides is 1. The Morgan fingerprint density at radius 2 is 1.88 bits per heavy atom. The zero-order valence-electron chi connectivity index (χ0n) is 32.3. The van der Waals surface area contributed by atoms with Crippen molar-refractivity contribution in [1.29, 1.82) is 0 Å². The monoisotopic (exact) mass is 817 g/mol. The Kier molecular flexibility index (Phi) is 10.6. The molecule has 5 atom stereocenters. The van der Waals surface area contributed by atoms with Gasteiger partial charge in [0, 0.05) is 34.7 Å². The van der Waals surface area contributed by atoms with Crippen LogP contribution in [-0.4, -0.2) is 70.4 Å². The molecule has 11 nitrogen and oxygen atoms in total. The molecule has 1 N–H and O–H groups in total. The number of aromatic nitrogens is 1. The molecule has 7 rings (SSSR count). The molecular weight excluding hydrogens is 768 g/mol. The van der Waals surface area contributed by atoms with Crippen LogP contribution in [0.4, 0.5) is 8.78 Å². The lowest BCUT2D eigenvalue weighted by molar-refractivity contribution is -0.159. The smallest absolute Gasteiger partial charge is 0.307 e. The van der Waals surface area contributed by atoms with E-state index in [1.54, 1.807) is 45.9 Å². The number of benzene rings is 1. The number of alkyl halides is 2. The SMILES string of the molecule is CC(C)(C)OC(=O)C[C@H]1CCCCC/C=C\[C@@H]2C[C@@]2(C(=O)NS(=O)(=O)C2(C)CC2)CC(=O)[C@@H]2C[C@]3(CCc4c(c(C(F)F)nc5ccc(Cl)cc45)O3)CN2C1=O. The predicted octanol–water partition coefficient (Wildman–Crippen LogP) is 7.32. The average molecular weight is 818 g/mol. The van der Waals surface area contributed by atoms with E-state index in [0.717, 1.165) is 12.8 Å². The summed E-state index contributed by atoms with van der Waals surface area (Å²) in [5, 5.41) is 0.968. The normalized spacial score (nSPS) is 29.7. The molecule has 3 aliphatic heterocycles. The highest BCUT2D eigenvalue weighted by molar-refractivity contribution is 7.91. The number of nitrogens with zero attached hydrogens (tertiary/aromatic N) is 2. The van der Waals surface area contributed by atoms with Gasteiger partial charge in [-0.2, -0.15) is 0 Å². The molecule has 2 saturated carbocycles. The molecule has 1 aromatic heterocycles. The van der Waals surface area contributed by atoms with Crippen molar-refractivity contribution in [2.45, 2.75) is 140 Å². The molecule has 4 heterocycles. The minimum atomic E-state index is -4.01. The van der Waals surface area contributed by atoms with E-state index in [1.807, 2.05) is 12.2 Å². The van der Waals surface area contributed by atoms with Crippen LogP contribution in [0, 0.1) is 17.3 Å². The van der Waals surface area contributed by atoms with Gasteiger partial charge in [-0.15, -0.1) is 0 Å². The Balaban J connectivity index is 1.26. The lowest BCUT2D eigenvalue weighted by atomic mass is 9.85. The van der Waals surface area contributed by atoms with Crippen LogP contribution in [0.1, 0.15) is 122 Å². The first-order valence-electron chi connectivity index (χ1n) is 19.6. The van der Waals surface area contributed by atoms with E-state index in [9.17, 15) is 36.4 Å². The molecule has 1 saturated heterocycles. The number of fused-ring (bicyclic) bond motifs is 5. The molecule has 15 heteroatoms. The van der Waals surface area contributed by atoms with Crippen molar-refractivity contribution in [3.05, 3.63) is 46.6 Å². The van der Waals surface area contributed by atoms with Gasteiger partial charge in [0.15, 0.2) is 11.5 Å². The number of pyridine rings is 1. The molecule has 1 aromatic carbocycles. The molecule has 0 unspecified atom stereocenters. The number of carbonyl (C=O) groups is 4. The number of amides is 2. The number of ether oxygens (including phenoxy) is 2. The highest BCUT2D eigenvalue weighted by atomic mass is 35.5. The Hall–Kier alpha value is -3.65. The zero-order chi connectivity index (χ0) is 40.4. The molecule has 56 heavy (non-hydrogen) atoms. The van der Waals surface area contributed by atoms with Crippen molar-refractivity contribution in [3.8, 4) is 5.75 Å². The van der Waals surface area contributed by atoms with Gasteiger partial charge in [0.2, 0.25) is 21.8 Å². The van der Waals surface area contributed by atoms with Crippen LogP contribution < -0.4 is 9.46 Å². The third-order valence-corrected chi connectivity index (χ3v) is 14.7. The van der Waals surface area contributed by atoms with E-state index in [2.05, 4.69) is 9.71 Å². The number of carbonyl (C=O) groups excluding carboxylic acids is 4. The number of esters is 1. The molecule has 5 aliphatic rings. The summed E-state index contributed by atoms with van der Waals surface area (Å²) in [4.78, 5) is 62.3. The number of ketones is 1. The van der Waals surface area contributed by atoms with Gasteiger partial charge in [0.1, 0.15) is 16.9 Å². The zero-order valence-corrected chi connectivity index (χ0v) is 33.9. The van der Waals surface area contributed by atoms with E-state index in [0.29, 0.717) is 53.6 Å². The van der Waals surface area contributed by atoms with Gasteiger partial charge in [-0.3, -0.25) is 23.9 Å². The van der Waals surface area contributed by atoms with Crippen molar-refractivity contribution in [2.24, 2.45) is 17.3 Å². The van der Waals surface area contributed by atoms with Crippen molar-refractivity contribution >= 4 is 56.1 Å². The summed E-state index contributed by atoms with van der Waals surface area (Å²) in [6.45, 7) is 6.66. The molecule has 2 amide bonds. The van der Waals surface area contributed by atoms with Gasteiger partial charge >= 0.3 is 5.97 Å². The van der Waals surface area contributed by atoms with Gasteiger partial charge in [-0.25, -0.2) is 22.2 Å². The topological polar surface area (TPSA) is 149 Å². The predicted molar refractivity (Wildman–Crippen MR) is 205 cm³/mol. The maximum atomic E-state index is 14.8. The van der Waals surface area contributed by atoms with Crippen molar-refractivity contribution < 1.29 is 45.9 Å². The summed E-state index contributed by atoms with van der Waals surface area (Å²) in [5.41, 5.74) is -3.12. The fourth-order valence-electron chi connectivity index (χ4n) is 8.73. The summed E-state index contributed by atoms with van der Waals surface area (Å²) in [7, 11) is -4.01. The number of hydrogen-bond donors (Lipinski definition) is 1. The maximum absolute atomic E-state index is 14.8. The summed E-state index contributed by atoms with van der Waals surface area (Å²) >= 11 is 6.31. The second-order valence-corrected chi connectivity index (χ2v) is 20.4. The Labute approximate surface area is 331 Å². The average Bonchev–Trinajstić information content (AvgIpc) is 4.00. The summed E-state index contributed by atoms with van der Waals surface area (Å²) in [6, 6.07) is 3.67. The fraction of sp³-hybridized carbons (Fsp3) is 0.634. The maximum Gasteiger partial charge on any atom is 0.307 e. The summed E-state index contributed by atoms with van der Waals surface area (Å²) in [5.74, 6) is -3.56. The molecule has 2 aromatic rings. The number of aryl methyl sites for hydroxylation is 1. The molecule has 0 bridgehead atoms. The number of Topliss-reactive ketones (excluding diaryl/α,β-unsaturated/α-hetero) is 1. The minimum Gasteiger partial charge on any atom is -0.483 e. The van der Waals surface area contributed by atoms with Crippen LogP contribution >= 0.6 is 11.6 Å². The second-order valence-electron chi connectivity index (χ2n) is 17.8. The first-order chi connectivity index (χ1) is 26.3. The first kappa shape index (κ1) is 40.5. The molecule has 1 spiro atoms. The Bertz CT molecular complexity index is 2100. The van der Waals surface area contributed by atoms with Gasteiger partial charge in [0.25, 0.3) is 6.43 Å². The van der Waals surface area contributed by atoms with Crippen LogP contribution in [0.25, 0.3) is 10.9 Å². The van der Waals surface area contributed by atoms with E-state index >= 15 is 0 Å². The third kappa shape index (κ3) is 7.93. The number of allylic oxidation sites excluding steroid dienone is 2. The quantitative estimate of drug-likeness (QED) is 0.234. The van der Waals surface area contributed by atoms with Gasteiger partial charge in [-0.05, 0) is 103 Å². The Morgan fingerprint density at radius 1 is 1.12 bits per heavy atom.